The fourth-order valence-corrected chi connectivity index (χ4v) is 3.93. The van der Waals surface area contributed by atoms with Crippen molar-refractivity contribution in [3.8, 4) is 11.5 Å². The fraction of sp³-hybridized carbons (Fsp3) is 0.235. The first-order chi connectivity index (χ1) is 13.2. The number of nitro benzene ring substituents is 1. The maximum Gasteiger partial charge on any atom is 0.516 e. The van der Waals surface area contributed by atoms with Gasteiger partial charge in [0.2, 0.25) is 0 Å². The number of hydrogen-bond donors (Lipinski definition) is 0. The third kappa shape index (κ3) is 5.31. The van der Waals surface area contributed by atoms with Crippen LogP contribution in [0.4, 0.5) is 5.69 Å². The van der Waals surface area contributed by atoms with Gasteiger partial charge in [0, 0.05) is 23.7 Å². The fourth-order valence-electron chi connectivity index (χ4n) is 2.07. The molecular formula is C17H18BrN2O7P. The van der Waals surface area contributed by atoms with Gasteiger partial charge in [-0.15, -0.1) is 0 Å². The zero-order valence-corrected chi connectivity index (χ0v) is 17.8. The standard InChI is InChI=1S/C17H18BrN2O7P/c1-12(17(21)25-3)19(2)28(24,26-15-8-4-13(18)5-9-15)27-16-10-6-14(7-11-16)20(22)23/h4-12H,1-3H3. The van der Waals surface area contributed by atoms with Crippen LogP contribution in [0.3, 0.4) is 0 Å². The Morgan fingerprint density at radius 3 is 2.00 bits per heavy atom. The van der Waals surface area contributed by atoms with E-state index in [0.717, 1.165) is 9.14 Å². The topological polar surface area (TPSA) is 108 Å². The molecule has 0 radical (unpaired) electrons. The van der Waals surface area contributed by atoms with E-state index < -0.39 is 24.7 Å². The van der Waals surface area contributed by atoms with Crippen LogP contribution in [0, 0.1) is 10.1 Å². The van der Waals surface area contributed by atoms with Gasteiger partial charge in [-0.25, -0.2) is 4.57 Å². The third-order valence-corrected chi connectivity index (χ3v) is 6.32. The Morgan fingerprint density at radius 1 is 1.11 bits per heavy atom. The number of nitro groups is 1. The van der Waals surface area contributed by atoms with Crippen molar-refractivity contribution in [2.75, 3.05) is 14.2 Å². The van der Waals surface area contributed by atoms with E-state index in [2.05, 4.69) is 15.9 Å². The molecule has 28 heavy (non-hydrogen) atoms. The summed E-state index contributed by atoms with van der Waals surface area (Å²) in [5, 5.41) is 10.8. The lowest BCUT2D eigenvalue weighted by molar-refractivity contribution is -0.384. The third-order valence-electron chi connectivity index (χ3n) is 3.79. The summed E-state index contributed by atoms with van der Waals surface area (Å²) < 4.78 is 31.3. The summed E-state index contributed by atoms with van der Waals surface area (Å²) >= 11 is 3.30. The molecule has 150 valence electrons. The lowest BCUT2D eigenvalue weighted by Crippen LogP contribution is -2.37. The van der Waals surface area contributed by atoms with Gasteiger partial charge in [-0.1, -0.05) is 15.9 Å². The highest BCUT2D eigenvalue weighted by atomic mass is 79.9. The first-order valence-corrected chi connectivity index (χ1v) is 10.3. The number of hydrogen-bond acceptors (Lipinski definition) is 7. The Labute approximate surface area is 170 Å². The van der Waals surface area contributed by atoms with Gasteiger partial charge in [0.25, 0.3) is 5.69 Å². The summed E-state index contributed by atoms with van der Waals surface area (Å²) in [6, 6.07) is 10.6. The minimum Gasteiger partial charge on any atom is -0.468 e. The van der Waals surface area contributed by atoms with E-state index in [1.165, 1.54) is 45.3 Å². The maximum absolute atomic E-state index is 13.5. The van der Waals surface area contributed by atoms with E-state index in [1.54, 1.807) is 24.3 Å². The molecule has 0 heterocycles. The molecule has 0 aliphatic carbocycles. The Bertz CT molecular complexity index is 889. The minimum atomic E-state index is -4.08. The largest absolute Gasteiger partial charge is 0.516 e. The van der Waals surface area contributed by atoms with E-state index in [-0.39, 0.29) is 17.2 Å². The molecule has 2 aromatic rings. The van der Waals surface area contributed by atoms with Crippen LogP contribution in [0.15, 0.2) is 53.0 Å². The quantitative estimate of drug-likeness (QED) is 0.240. The molecule has 0 aromatic heterocycles. The van der Waals surface area contributed by atoms with Crippen molar-refractivity contribution >= 4 is 35.3 Å². The number of benzene rings is 2. The van der Waals surface area contributed by atoms with Gasteiger partial charge in [0.05, 0.1) is 12.0 Å². The molecule has 2 unspecified atom stereocenters. The van der Waals surface area contributed by atoms with Crippen LogP contribution in [0.25, 0.3) is 0 Å². The summed E-state index contributed by atoms with van der Waals surface area (Å²) in [6.45, 7) is 1.49. The van der Waals surface area contributed by atoms with Gasteiger partial charge in [-0.3, -0.25) is 14.9 Å². The van der Waals surface area contributed by atoms with Crippen molar-refractivity contribution in [2.45, 2.75) is 13.0 Å². The summed E-state index contributed by atoms with van der Waals surface area (Å²) in [4.78, 5) is 22.1. The second kappa shape index (κ2) is 9.18. The normalized spacial score (nSPS) is 14.0. The molecule has 0 bridgehead atoms. The van der Waals surface area contributed by atoms with Gasteiger partial charge >= 0.3 is 13.7 Å². The van der Waals surface area contributed by atoms with E-state index in [9.17, 15) is 19.5 Å². The molecule has 0 aliphatic heterocycles. The highest BCUT2D eigenvalue weighted by Gasteiger charge is 2.40. The smallest absolute Gasteiger partial charge is 0.468 e. The van der Waals surface area contributed by atoms with Crippen LogP contribution in [0.5, 0.6) is 11.5 Å². The monoisotopic (exact) mass is 472 g/mol. The Balaban J connectivity index is 2.36. The van der Waals surface area contributed by atoms with Crippen molar-refractivity contribution in [3.05, 3.63) is 63.1 Å². The first kappa shape index (κ1) is 21.9. The molecule has 0 fully saturated rings. The summed E-state index contributed by atoms with van der Waals surface area (Å²) in [6.07, 6.45) is 0. The molecule has 2 atom stereocenters. The number of halogens is 1. The zero-order chi connectivity index (χ0) is 20.9. The highest BCUT2D eigenvalue weighted by Crippen LogP contribution is 2.52. The highest BCUT2D eigenvalue weighted by molar-refractivity contribution is 9.10. The number of non-ortho nitro benzene ring substituents is 1. The van der Waals surface area contributed by atoms with Gasteiger partial charge in [0.1, 0.15) is 17.5 Å². The van der Waals surface area contributed by atoms with Crippen LogP contribution in [0.1, 0.15) is 6.92 Å². The van der Waals surface area contributed by atoms with Crippen LogP contribution >= 0.6 is 23.7 Å². The predicted octanol–water partition coefficient (Wildman–Crippen LogP) is 4.42. The molecule has 0 saturated carbocycles. The lowest BCUT2D eigenvalue weighted by Gasteiger charge is -2.30. The molecule has 0 N–H and O–H groups in total. The molecule has 2 rings (SSSR count). The van der Waals surface area contributed by atoms with Crippen molar-refractivity contribution in [1.29, 1.82) is 0 Å². The Morgan fingerprint density at radius 2 is 1.57 bits per heavy atom. The second-order valence-electron chi connectivity index (χ2n) is 5.63. The maximum atomic E-state index is 13.5. The van der Waals surface area contributed by atoms with Crippen molar-refractivity contribution in [3.63, 3.8) is 0 Å². The van der Waals surface area contributed by atoms with Gasteiger partial charge < -0.3 is 13.8 Å². The molecule has 2 aromatic carbocycles. The number of carbonyl (C=O) groups excluding carboxylic acids is 1. The summed E-state index contributed by atoms with van der Waals surface area (Å²) in [7, 11) is -1.48. The zero-order valence-electron chi connectivity index (χ0n) is 15.3. The van der Waals surface area contributed by atoms with Crippen molar-refractivity contribution < 1.29 is 28.1 Å². The van der Waals surface area contributed by atoms with Gasteiger partial charge in [-0.2, -0.15) is 4.67 Å². The number of esters is 1. The number of carbonyl (C=O) groups is 1. The predicted molar refractivity (Wildman–Crippen MR) is 105 cm³/mol. The molecule has 0 saturated heterocycles. The minimum absolute atomic E-state index is 0.0787. The Hall–Kier alpha value is -2.42. The molecule has 0 spiro atoms. The number of likely N-dealkylation sites (N-methyl/N-ethyl adjacent to an activating group) is 1. The first-order valence-electron chi connectivity index (χ1n) is 7.96. The average Bonchev–Trinajstić information content (AvgIpc) is 2.68. The van der Waals surface area contributed by atoms with Gasteiger partial charge in [0.15, 0.2) is 0 Å². The SMILES string of the molecule is COC(=O)C(C)N(C)P(=O)(Oc1ccc(Br)cc1)Oc1ccc([N+](=O)[O-])cc1. The Kier molecular flexibility index (Phi) is 7.17. The van der Waals surface area contributed by atoms with E-state index in [0.29, 0.717) is 0 Å². The molecule has 9 nitrogen and oxygen atoms in total. The lowest BCUT2D eigenvalue weighted by atomic mass is 10.3. The second-order valence-corrected chi connectivity index (χ2v) is 8.48. The number of methoxy groups -OCH3 is 1. The van der Waals surface area contributed by atoms with Gasteiger partial charge in [-0.05, 0) is 43.3 Å². The molecule has 11 heteroatoms. The van der Waals surface area contributed by atoms with Crippen LogP contribution < -0.4 is 9.05 Å². The number of ether oxygens (including phenoxy) is 1. The van der Waals surface area contributed by atoms with Crippen molar-refractivity contribution in [2.24, 2.45) is 0 Å². The van der Waals surface area contributed by atoms with E-state index in [1.807, 2.05) is 0 Å². The van der Waals surface area contributed by atoms with E-state index in [4.69, 9.17) is 13.8 Å². The number of rotatable bonds is 8. The number of nitrogens with zero attached hydrogens (tertiary/aromatic N) is 2. The summed E-state index contributed by atoms with van der Waals surface area (Å²) in [5.74, 6) is -0.304. The molecular weight excluding hydrogens is 455 g/mol. The average molecular weight is 473 g/mol. The van der Waals surface area contributed by atoms with Crippen LogP contribution in [0.2, 0.25) is 0 Å². The van der Waals surface area contributed by atoms with Crippen LogP contribution in [-0.4, -0.2) is 35.8 Å². The molecule has 0 amide bonds. The van der Waals surface area contributed by atoms with Crippen molar-refractivity contribution in [1.82, 2.24) is 4.67 Å². The molecule has 0 aliphatic rings. The van der Waals surface area contributed by atoms with E-state index >= 15 is 0 Å². The van der Waals surface area contributed by atoms with Crippen LogP contribution in [-0.2, 0) is 14.1 Å². The summed E-state index contributed by atoms with van der Waals surface area (Å²) in [5.41, 5.74) is -0.146.